The first kappa shape index (κ1) is 20.5. The maximum Gasteiger partial charge on any atom is 0.278 e. The molecule has 0 bridgehead atoms. The minimum Gasteiger partial charge on any atom is -0.351 e. The molecule has 148 valence electrons. The number of hydroxylamine groups is 1. The van der Waals surface area contributed by atoms with Crippen molar-refractivity contribution in [2.24, 2.45) is 5.73 Å². The fourth-order valence-corrected chi connectivity index (χ4v) is 3.18. The maximum absolute atomic E-state index is 15.1. The molecule has 3 aromatic rings. The van der Waals surface area contributed by atoms with Gasteiger partial charge < -0.3 is 15.5 Å². The molecule has 1 atom stereocenters. The zero-order chi connectivity index (χ0) is 20.3. The summed E-state index contributed by atoms with van der Waals surface area (Å²) in [6.07, 6.45) is 5.01. The highest BCUT2D eigenvalue weighted by Gasteiger charge is 2.21. The lowest BCUT2D eigenvalue weighted by atomic mass is 10.2. The van der Waals surface area contributed by atoms with Crippen LogP contribution in [0, 0.1) is 5.82 Å². The number of amides is 1. The Morgan fingerprint density at radius 1 is 1.50 bits per heavy atom. The van der Waals surface area contributed by atoms with Crippen LogP contribution in [0.4, 0.5) is 15.8 Å². The maximum atomic E-state index is 15.1. The van der Waals surface area contributed by atoms with Crippen molar-refractivity contribution in [3.63, 3.8) is 0 Å². The Balaban J connectivity index is 1.93. The van der Waals surface area contributed by atoms with Crippen LogP contribution >= 0.6 is 27.5 Å². The van der Waals surface area contributed by atoms with Gasteiger partial charge in [0.05, 0.1) is 28.6 Å². The molecule has 1 amide bonds. The van der Waals surface area contributed by atoms with E-state index >= 15 is 4.39 Å². The van der Waals surface area contributed by atoms with Gasteiger partial charge in [-0.15, -0.1) is 0 Å². The Labute approximate surface area is 174 Å². The van der Waals surface area contributed by atoms with Crippen LogP contribution in [-0.2, 0) is 4.84 Å². The number of hydrogen-bond acceptors (Lipinski definition) is 5. The van der Waals surface area contributed by atoms with Crippen LogP contribution in [0.1, 0.15) is 23.7 Å². The molecular formula is C18H18BrClFN5O2. The first-order chi connectivity index (χ1) is 13.4. The van der Waals surface area contributed by atoms with Gasteiger partial charge in [-0.2, -0.15) is 0 Å². The van der Waals surface area contributed by atoms with Crippen molar-refractivity contribution < 1.29 is 14.0 Å². The van der Waals surface area contributed by atoms with Crippen LogP contribution in [0.25, 0.3) is 5.65 Å². The monoisotopic (exact) mass is 469 g/mol. The standard InChI is InChI=1S/C18H18BrClFN5O2/c1-10(22)4-7-28-25-18(27)12-9-26-6-5-23-17(26)15(21)16(12)24-14-3-2-11(19)8-13(14)20/h2-3,5-6,8-10,24H,4,7,22H2,1H3,(H,25,27). The third-order valence-electron chi connectivity index (χ3n) is 3.90. The molecule has 0 radical (unpaired) electrons. The van der Waals surface area contributed by atoms with E-state index < -0.39 is 11.7 Å². The Bertz CT molecular complexity index is 1010. The topological polar surface area (TPSA) is 93.7 Å². The van der Waals surface area contributed by atoms with Gasteiger partial charge in [0.1, 0.15) is 0 Å². The summed E-state index contributed by atoms with van der Waals surface area (Å²) in [5.41, 5.74) is 8.44. The number of imidazole rings is 1. The molecule has 4 N–H and O–H groups in total. The summed E-state index contributed by atoms with van der Waals surface area (Å²) in [5, 5.41) is 3.25. The number of anilines is 2. The summed E-state index contributed by atoms with van der Waals surface area (Å²) >= 11 is 9.54. The molecule has 2 aromatic heterocycles. The molecule has 2 heterocycles. The van der Waals surface area contributed by atoms with Crippen molar-refractivity contribution in [1.29, 1.82) is 0 Å². The van der Waals surface area contributed by atoms with Crippen molar-refractivity contribution in [3.8, 4) is 0 Å². The van der Waals surface area contributed by atoms with Gasteiger partial charge in [-0.3, -0.25) is 9.63 Å². The molecular weight excluding hydrogens is 453 g/mol. The second kappa shape index (κ2) is 8.87. The third kappa shape index (κ3) is 4.61. The van der Waals surface area contributed by atoms with Gasteiger partial charge in [0.15, 0.2) is 11.5 Å². The van der Waals surface area contributed by atoms with Crippen LogP contribution in [-0.4, -0.2) is 27.9 Å². The first-order valence-electron chi connectivity index (χ1n) is 8.41. The van der Waals surface area contributed by atoms with Gasteiger partial charge in [-0.25, -0.2) is 14.9 Å². The summed E-state index contributed by atoms with van der Waals surface area (Å²) in [6.45, 7) is 2.07. The molecule has 0 spiro atoms. The summed E-state index contributed by atoms with van der Waals surface area (Å²) in [4.78, 5) is 21.7. The summed E-state index contributed by atoms with van der Waals surface area (Å²) in [5.74, 6) is -1.30. The van der Waals surface area contributed by atoms with E-state index in [-0.39, 0.29) is 29.5 Å². The quantitative estimate of drug-likeness (QED) is 0.358. The number of hydrogen-bond donors (Lipinski definition) is 3. The van der Waals surface area contributed by atoms with Gasteiger partial charge in [0.25, 0.3) is 5.91 Å². The number of halogens is 3. The highest BCUT2D eigenvalue weighted by atomic mass is 79.9. The third-order valence-corrected chi connectivity index (χ3v) is 4.70. The second-order valence-corrected chi connectivity index (χ2v) is 7.51. The highest BCUT2D eigenvalue weighted by molar-refractivity contribution is 9.10. The van der Waals surface area contributed by atoms with Crippen LogP contribution in [0.3, 0.4) is 0 Å². The number of nitrogens with one attached hydrogen (secondary N) is 2. The van der Waals surface area contributed by atoms with Crippen LogP contribution < -0.4 is 16.5 Å². The predicted octanol–water partition coefficient (Wildman–Crippen LogP) is 4.03. The Morgan fingerprint density at radius 2 is 2.29 bits per heavy atom. The SMILES string of the molecule is CC(N)CCONC(=O)c1cn2ccnc2c(F)c1Nc1ccc(Br)cc1Cl. The van der Waals surface area contributed by atoms with Crippen LogP contribution in [0.5, 0.6) is 0 Å². The zero-order valence-electron chi connectivity index (χ0n) is 14.9. The fourth-order valence-electron chi connectivity index (χ4n) is 2.46. The smallest absolute Gasteiger partial charge is 0.278 e. The first-order valence-corrected chi connectivity index (χ1v) is 9.59. The molecule has 28 heavy (non-hydrogen) atoms. The van der Waals surface area contributed by atoms with Crippen molar-refractivity contribution in [1.82, 2.24) is 14.9 Å². The molecule has 0 saturated heterocycles. The Morgan fingerprint density at radius 3 is 3.00 bits per heavy atom. The molecule has 0 aliphatic carbocycles. The van der Waals surface area contributed by atoms with Gasteiger partial charge in [-0.1, -0.05) is 27.5 Å². The number of nitrogens with two attached hydrogens (primary N) is 1. The number of fused-ring (bicyclic) bond motifs is 1. The number of rotatable bonds is 7. The van der Waals surface area contributed by atoms with Gasteiger partial charge in [-0.05, 0) is 31.5 Å². The summed E-state index contributed by atoms with van der Waals surface area (Å²) in [7, 11) is 0. The van der Waals surface area contributed by atoms with Crippen molar-refractivity contribution in [2.75, 3.05) is 11.9 Å². The molecule has 3 rings (SSSR count). The minimum atomic E-state index is -0.688. The van der Waals surface area contributed by atoms with E-state index in [2.05, 4.69) is 31.7 Å². The number of carbonyl (C=O) groups excluding carboxylic acids is 1. The summed E-state index contributed by atoms with van der Waals surface area (Å²) in [6, 6.07) is 5.01. The fraction of sp³-hybridized carbons (Fsp3) is 0.222. The molecule has 0 saturated carbocycles. The number of pyridine rings is 1. The molecule has 7 nitrogen and oxygen atoms in total. The van der Waals surface area contributed by atoms with E-state index in [9.17, 15) is 4.79 Å². The minimum absolute atomic E-state index is 0.0304. The number of aromatic nitrogens is 2. The average Bonchev–Trinajstić information content (AvgIpc) is 3.11. The molecule has 0 fully saturated rings. The average molecular weight is 471 g/mol. The molecule has 1 unspecified atom stereocenters. The second-order valence-electron chi connectivity index (χ2n) is 6.18. The lowest BCUT2D eigenvalue weighted by molar-refractivity contribution is 0.0291. The molecule has 1 aromatic carbocycles. The number of benzene rings is 1. The van der Waals surface area contributed by atoms with E-state index in [4.69, 9.17) is 22.2 Å². The van der Waals surface area contributed by atoms with E-state index in [0.29, 0.717) is 17.1 Å². The van der Waals surface area contributed by atoms with E-state index in [1.807, 2.05) is 6.92 Å². The highest BCUT2D eigenvalue weighted by Crippen LogP contribution is 2.32. The van der Waals surface area contributed by atoms with E-state index in [1.54, 1.807) is 24.4 Å². The Kier molecular flexibility index (Phi) is 6.50. The molecule has 0 aliphatic heterocycles. The Hall–Kier alpha value is -2.20. The number of nitrogens with zero attached hydrogens (tertiary/aromatic N) is 2. The van der Waals surface area contributed by atoms with Crippen molar-refractivity contribution >= 4 is 50.5 Å². The van der Waals surface area contributed by atoms with Gasteiger partial charge in [0, 0.05) is 29.1 Å². The van der Waals surface area contributed by atoms with Gasteiger partial charge >= 0.3 is 0 Å². The molecule has 0 aliphatic rings. The lowest BCUT2D eigenvalue weighted by Crippen LogP contribution is -2.27. The van der Waals surface area contributed by atoms with Crippen molar-refractivity contribution in [3.05, 3.63) is 57.7 Å². The van der Waals surface area contributed by atoms with Crippen LogP contribution in [0.15, 0.2) is 41.3 Å². The summed E-state index contributed by atoms with van der Waals surface area (Å²) < 4.78 is 17.3. The number of carbonyl (C=O) groups is 1. The van der Waals surface area contributed by atoms with Crippen molar-refractivity contribution in [2.45, 2.75) is 19.4 Å². The zero-order valence-corrected chi connectivity index (χ0v) is 17.2. The lowest BCUT2D eigenvalue weighted by Gasteiger charge is -2.15. The largest absolute Gasteiger partial charge is 0.351 e. The van der Waals surface area contributed by atoms with Crippen LogP contribution in [0.2, 0.25) is 5.02 Å². The van der Waals surface area contributed by atoms with E-state index in [0.717, 1.165) is 4.47 Å². The normalized spacial score (nSPS) is 12.2. The van der Waals surface area contributed by atoms with Gasteiger partial charge in [0.2, 0.25) is 0 Å². The van der Waals surface area contributed by atoms with E-state index in [1.165, 1.54) is 16.8 Å². The predicted molar refractivity (Wildman–Crippen MR) is 109 cm³/mol. The molecule has 10 heteroatoms.